The molecule has 0 spiro atoms. The molecule has 0 saturated heterocycles. The first-order valence-corrected chi connectivity index (χ1v) is 4.31. The van der Waals surface area contributed by atoms with Gasteiger partial charge < -0.3 is 14.9 Å². The smallest absolute Gasteiger partial charge is 0.361 e. The van der Waals surface area contributed by atoms with Gasteiger partial charge in [-0.05, 0) is 6.92 Å². The van der Waals surface area contributed by atoms with Crippen molar-refractivity contribution < 1.29 is 14.7 Å². The average Bonchev–Trinajstić information content (AvgIpc) is 2.14. The van der Waals surface area contributed by atoms with E-state index in [1.807, 2.05) is 0 Å². The summed E-state index contributed by atoms with van der Waals surface area (Å²) in [5.74, 6) is 0. The van der Waals surface area contributed by atoms with E-state index in [9.17, 15) is 9.59 Å². The number of carbonyl (C=O) groups is 2. The molecule has 0 atom stereocenters. The minimum absolute atomic E-state index is 0.250. The minimum Gasteiger partial charge on any atom is -0.397 e. The van der Waals surface area contributed by atoms with Crippen LogP contribution in [0.25, 0.3) is 0 Å². The Bertz CT molecular complexity index is 204. The zero-order valence-electron chi connectivity index (χ0n) is 9.76. The number of aliphatic hydroxyl groups excluding tert-OH is 1. The molecule has 88 valence electrons. The van der Waals surface area contributed by atoms with Crippen molar-refractivity contribution in [2.24, 2.45) is 10.2 Å². The maximum atomic E-state index is 10.8. The predicted molar refractivity (Wildman–Crippen MR) is 55.8 cm³/mol. The van der Waals surface area contributed by atoms with Crippen molar-refractivity contribution in [2.45, 2.75) is 6.92 Å². The summed E-state index contributed by atoms with van der Waals surface area (Å²) in [6, 6.07) is -1.10. The average molecular weight is 218 g/mol. The summed E-state index contributed by atoms with van der Waals surface area (Å²) < 4.78 is 0. The summed E-state index contributed by atoms with van der Waals surface area (Å²) in [7, 11) is 6.12. The fourth-order valence-electron chi connectivity index (χ4n) is 0.264. The molecule has 0 radical (unpaired) electrons. The van der Waals surface area contributed by atoms with Crippen LogP contribution in [0.15, 0.2) is 10.2 Å². The second-order valence-corrected chi connectivity index (χ2v) is 2.87. The molecule has 0 heterocycles. The summed E-state index contributed by atoms with van der Waals surface area (Å²) in [4.78, 5) is 24.0. The fraction of sp³-hybridized carbons (Fsp3) is 0.750. The highest BCUT2D eigenvalue weighted by atomic mass is 16.2. The van der Waals surface area contributed by atoms with E-state index in [0.29, 0.717) is 0 Å². The number of hydrogen-bond donors (Lipinski definition) is 1. The Hall–Kier alpha value is -1.50. The van der Waals surface area contributed by atoms with E-state index in [1.165, 1.54) is 38.0 Å². The van der Waals surface area contributed by atoms with Crippen LogP contribution < -0.4 is 0 Å². The molecule has 0 saturated carbocycles. The molecule has 0 aliphatic carbocycles. The van der Waals surface area contributed by atoms with E-state index >= 15 is 0 Å². The third-order valence-corrected chi connectivity index (χ3v) is 0.986. The number of nitrogens with zero attached hydrogens (tertiary/aromatic N) is 4. The molecule has 0 fully saturated rings. The molecule has 0 aliphatic heterocycles. The zero-order chi connectivity index (χ0) is 12.4. The Morgan fingerprint density at radius 2 is 1.20 bits per heavy atom. The van der Waals surface area contributed by atoms with Gasteiger partial charge in [0.25, 0.3) is 0 Å². The van der Waals surface area contributed by atoms with Crippen LogP contribution in [0.3, 0.4) is 0 Å². The van der Waals surface area contributed by atoms with Gasteiger partial charge >= 0.3 is 12.1 Å². The standard InChI is InChI=1S/C6H12N4O2.C2H6O/c1-9(2)5(11)7-8-6(12)10(3)4;1-2-3/h1-4H3;3H,2H2,1H3. The minimum atomic E-state index is -0.551. The zero-order valence-corrected chi connectivity index (χ0v) is 9.76. The van der Waals surface area contributed by atoms with Gasteiger partial charge in [-0.3, -0.25) is 0 Å². The van der Waals surface area contributed by atoms with Crippen LogP contribution in [0.2, 0.25) is 0 Å². The summed E-state index contributed by atoms with van der Waals surface area (Å²) in [6.45, 7) is 1.93. The van der Waals surface area contributed by atoms with Crippen molar-refractivity contribution in [3.05, 3.63) is 0 Å². The molecule has 7 heteroatoms. The van der Waals surface area contributed by atoms with Gasteiger partial charge in [0.2, 0.25) is 0 Å². The predicted octanol–water partition coefficient (Wildman–Crippen LogP) is 0.800. The molecular formula is C8H18N4O3. The van der Waals surface area contributed by atoms with Crippen molar-refractivity contribution in [1.82, 2.24) is 9.80 Å². The van der Waals surface area contributed by atoms with Crippen LogP contribution in [0.1, 0.15) is 6.92 Å². The van der Waals surface area contributed by atoms with Gasteiger partial charge in [0.15, 0.2) is 0 Å². The Balaban J connectivity index is 0. The summed E-state index contributed by atoms with van der Waals surface area (Å²) in [5.41, 5.74) is 0. The molecule has 15 heavy (non-hydrogen) atoms. The fourth-order valence-corrected chi connectivity index (χ4v) is 0.264. The molecule has 0 aromatic rings. The second-order valence-electron chi connectivity index (χ2n) is 2.87. The number of urea groups is 2. The maximum Gasteiger partial charge on any atom is 0.361 e. The monoisotopic (exact) mass is 218 g/mol. The number of carbonyl (C=O) groups excluding carboxylic acids is 2. The lowest BCUT2D eigenvalue weighted by atomic mass is 10.8. The molecule has 7 nitrogen and oxygen atoms in total. The summed E-state index contributed by atoms with van der Waals surface area (Å²) in [5, 5.41) is 13.9. The lowest BCUT2D eigenvalue weighted by molar-refractivity contribution is 0.218. The largest absolute Gasteiger partial charge is 0.397 e. The van der Waals surface area contributed by atoms with Gasteiger partial charge in [-0.25, -0.2) is 9.59 Å². The highest BCUT2D eigenvalue weighted by Gasteiger charge is 2.03. The van der Waals surface area contributed by atoms with E-state index in [4.69, 9.17) is 5.11 Å². The molecule has 4 amide bonds. The van der Waals surface area contributed by atoms with Gasteiger partial charge in [0.05, 0.1) is 0 Å². The van der Waals surface area contributed by atoms with Gasteiger partial charge in [-0.15, -0.1) is 0 Å². The first-order chi connectivity index (χ1) is 6.86. The molecule has 0 bridgehead atoms. The molecule has 0 aromatic heterocycles. The lowest BCUT2D eigenvalue weighted by Crippen LogP contribution is -2.20. The van der Waals surface area contributed by atoms with Gasteiger partial charge in [-0.1, -0.05) is 10.2 Å². The van der Waals surface area contributed by atoms with Crippen LogP contribution in [-0.2, 0) is 0 Å². The van der Waals surface area contributed by atoms with Crippen LogP contribution >= 0.6 is 0 Å². The normalized spacial score (nSPS) is 9.20. The third kappa shape index (κ3) is 10.4. The highest BCUT2D eigenvalue weighted by molar-refractivity contribution is 5.79. The molecular weight excluding hydrogens is 200 g/mol. The summed E-state index contributed by atoms with van der Waals surface area (Å²) >= 11 is 0. The molecule has 0 rings (SSSR count). The highest BCUT2D eigenvalue weighted by Crippen LogP contribution is 1.89. The Labute approximate surface area is 89.4 Å². The number of hydrogen-bond acceptors (Lipinski definition) is 3. The van der Waals surface area contributed by atoms with E-state index in [1.54, 1.807) is 6.92 Å². The number of rotatable bonds is 0. The quantitative estimate of drug-likeness (QED) is 0.610. The van der Waals surface area contributed by atoms with Crippen LogP contribution in [0.4, 0.5) is 9.59 Å². The second kappa shape index (κ2) is 9.07. The van der Waals surface area contributed by atoms with E-state index in [0.717, 1.165) is 0 Å². The molecule has 0 unspecified atom stereocenters. The topological polar surface area (TPSA) is 85.6 Å². The number of amides is 4. The van der Waals surface area contributed by atoms with Crippen molar-refractivity contribution in [3.63, 3.8) is 0 Å². The first kappa shape index (κ1) is 15.9. The van der Waals surface area contributed by atoms with Gasteiger partial charge in [0, 0.05) is 34.8 Å². The van der Waals surface area contributed by atoms with Gasteiger partial charge in [0.1, 0.15) is 0 Å². The Kier molecular flexibility index (Phi) is 9.65. The van der Waals surface area contributed by atoms with Crippen LogP contribution in [0, 0.1) is 0 Å². The first-order valence-electron chi connectivity index (χ1n) is 4.31. The molecule has 0 aliphatic rings. The third-order valence-electron chi connectivity index (χ3n) is 0.986. The number of azo groups is 1. The molecule has 1 N–H and O–H groups in total. The maximum absolute atomic E-state index is 10.8. The van der Waals surface area contributed by atoms with Crippen LogP contribution in [-0.4, -0.2) is 61.8 Å². The van der Waals surface area contributed by atoms with Crippen LogP contribution in [0.5, 0.6) is 0 Å². The van der Waals surface area contributed by atoms with Crippen molar-refractivity contribution in [3.8, 4) is 0 Å². The van der Waals surface area contributed by atoms with Crippen molar-refractivity contribution >= 4 is 12.1 Å². The SMILES string of the molecule is CCO.CN(C)C(=O)N=NC(=O)N(C)C. The van der Waals surface area contributed by atoms with E-state index in [2.05, 4.69) is 10.2 Å². The van der Waals surface area contributed by atoms with Crippen molar-refractivity contribution in [2.75, 3.05) is 34.8 Å². The number of aliphatic hydroxyl groups is 1. The van der Waals surface area contributed by atoms with E-state index in [-0.39, 0.29) is 6.61 Å². The summed E-state index contributed by atoms with van der Waals surface area (Å²) in [6.07, 6.45) is 0. The Morgan fingerprint density at radius 1 is 1.00 bits per heavy atom. The Morgan fingerprint density at radius 3 is 1.33 bits per heavy atom. The van der Waals surface area contributed by atoms with Crippen molar-refractivity contribution in [1.29, 1.82) is 0 Å². The molecule has 0 aromatic carbocycles. The lowest BCUT2D eigenvalue weighted by Gasteiger charge is -2.05. The van der Waals surface area contributed by atoms with Gasteiger partial charge in [-0.2, -0.15) is 0 Å². The van der Waals surface area contributed by atoms with E-state index < -0.39 is 12.1 Å².